The topological polar surface area (TPSA) is 88.2 Å². The van der Waals surface area contributed by atoms with Crippen molar-refractivity contribution in [1.29, 1.82) is 0 Å². The smallest absolute Gasteiger partial charge is 0.254 e. The van der Waals surface area contributed by atoms with Crippen LogP contribution in [-0.2, 0) is 0 Å². The highest BCUT2D eigenvalue weighted by Gasteiger charge is 2.16. The standard InChI is InChI=1S/C13H15N3O2S/c1-7-6-19-13(15-7)8(2)16-12(18)10-5-9(17)3-4-11(10)14/h3-6,8,17H,14H2,1-2H3,(H,16,18). The van der Waals surface area contributed by atoms with Crippen molar-refractivity contribution in [2.45, 2.75) is 19.9 Å². The number of nitrogens with one attached hydrogen (secondary N) is 1. The molecule has 0 spiro atoms. The number of nitrogens with zero attached hydrogens (tertiary/aromatic N) is 1. The number of hydrogen-bond donors (Lipinski definition) is 3. The molecule has 1 aromatic heterocycles. The number of phenolic OH excluding ortho intramolecular Hbond substituents is 1. The number of amides is 1. The number of benzene rings is 1. The van der Waals surface area contributed by atoms with Gasteiger partial charge in [-0.3, -0.25) is 4.79 Å². The van der Waals surface area contributed by atoms with Crippen LogP contribution in [0.3, 0.4) is 0 Å². The summed E-state index contributed by atoms with van der Waals surface area (Å²) < 4.78 is 0. The summed E-state index contributed by atoms with van der Waals surface area (Å²) in [6, 6.07) is 4.10. The average Bonchev–Trinajstić information content (AvgIpc) is 2.79. The lowest BCUT2D eigenvalue weighted by atomic mass is 10.1. The van der Waals surface area contributed by atoms with E-state index in [9.17, 15) is 9.90 Å². The number of carbonyl (C=O) groups excluding carboxylic acids is 1. The summed E-state index contributed by atoms with van der Waals surface area (Å²) >= 11 is 1.50. The maximum absolute atomic E-state index is 12.1. The van der Waals surface area contributed by atoms with Crippen molar-refractivity contribution >= 4 is 22.9 Å². The van der Waals surface area contributed by atoms with Crippen LogP contribution in [0.2, 0.25) is 0 Å². The molecule has 1 aromatic carbocycles. The summed E-state index contributed by atoms with van der Waals surface area (Å²) in [5, 5.41) is 15.0. The van der Waals surface area contributed by atoms with Crippen molar-refractivity contribution in [1.82, 2.24) is 10.3 Å². The van der Waals surface area contributed by atoms with Crippen LogP contribution in [-0.4, -0.2) is 16.0 Å². The Morgan fingerprint density at radius 3 is 2.89 bits per heavy atom. The molecule has 1 heterocycles. The third-order valence-corrected chi connectivity index (χ3v) is 3.78. The maximum atomic E-state index is 12.1. The summed E-state index contributed by atoms with van der Waals surface area (Å²) in [4.78, 5) is 16.4. The van der Waals surface area contributed by atoms with Gasteiger partial charge in [0, 0.05) is 16.8 Å². The van der Waals surface area contributed by atoms with Gasteiger partial charge in [-0.25, -0.2) is 4.98 Å². The van der Waals surface area contributed by atoms with Crippen LogP contribution >= 0.6 is 11.3 Å². The quantitative estimate of drug-likeness (QED) is 0.593. The van der Waals surface area contributed by atoms with Crippen molar-refractivity contribution in [2.24, 2.45) is 0 Å². The molecule has 2 rings (SSSR count). The highest BCUT2D eigenvalue weighted by molar-refractivity contribution is 7.09. The fourth-order valence-electron chi connectivity index (χ4n) is 1.65. The Bertz CT molecular complexity index is 610. The Morgan fingerprint density at radius 2 is 2.26 bits per heavy atom. The molecule has 0 radical (unpaired) electrons. The van der Waals surface area contributed by atoms with Gasteiger partial charge in [0.05, 0.1) is 11.6 Å². The molecule has 0 aliphatic rings. The second kappa shape index (κ2) is 5.27. The SMILES string of the molecule is Cc1csc(C(C)NC(=O)c2cc(O)ccc2N)n1. The van der Waals surface area contributed by atoms with E-state index in [0.29, 0.717) is 5.69 Å². The number of hydrogen-bond acceptors (Lipinski definition) is 5. The van der Waals surface area contributed by atoms with E-state index in [-0.39, 0.29) is 23.3 Å². The highest BCUT2D eigenvalue weighted by atomic mass is 32.1. The first-order chi connectivity index (χ1) is 8.97. The fourth-order valence-corrected chi connectivity index (χ4v) is 2.45. The predicted octanol–water partition coefficient (Wildman–Crippen LogP) is 2.23. The number of phenols is 1. The molecule has 100 valence electrons. The minimum atomic E-state index is -0.325. The van der Waals surface area contributed by atoms with Gasteiger partial charge >= 0.3 is 0 Å². The van der Waals surface area contributed by atoms with E-state index in [1.165, 1.54) is 29.5 Å². The van der Waals surface area contributed by atoms with Crippen LogP contribution in [0.5, 0.6) is 5.75 Å². The zero-order valence-corrected chi connectivity index (χ0v) is 11.5. The molecule has 2 aromatic rings. The monoisotopic (exact) mass is 277 g/mol. The number of anilines is 1. The van der Waals surface area contributed by atoms with Crippen molar-refractivity contribution in [3.05, 3.63) is 39.8 Å². The molecule has 19 heavy (non-hydrogen) atoms. The minimum Gasteiger partial charge on any atom is -0.508 e. The number of carbonyl (C=O) groups is 1. The molecular formula is C13H15N3O2S. The lowest BCUT2D eigenvalue weighted by Crippen LogP contribution is -2.27. The van der Waals surface area contributed by atoms with E-state index in [2.05, 4.69) is 10.3 Å². The molecule has 1 amide bonds. The average molecular weight is 277 g/mol. The van der Waals surface area contributed by atoms with Crippen molar-refractivity contribution < 1.29 is 9.90 Å². The van der Waals surface area contributed by atoms with E-state index in [4.69, 9.17) is 5.73 Å². The Labute approximate surface area is 115 Å². The second-order valence-corrected chi connectivity index (χ2v) is 5.18. The number of aryl methyl sites for hydroxylation is 1. The van der Waals surface area contributed by atoms with Gasteiger partial charge in [0.2, 0.25) is 0 Å². The van der Waals surface area contributed by atoms with Crippen LogP contribution in [0.15, 0.2) is 23.6 Å². The molecule has 0 saturated heterocycles. The van der Waals surface area contributed by atoms with Crippen LogP contribution < -0.4 is 11.1 Å². The minimum absolute atomic E-state index is 0.0112. The van der Waals surface area contributed by atoms with Gasteiger partial charge in [0.25, 0.3) is 5.91 Å². The zero-order valence-electron chi connectivity index (χ0n) is 10.7. The normalized spacial score (nSPS) is 12.1. The number of aromatic nitrogens is 1. The number of thiazole rings is 1. The number of aromatic hydroxyl groups is 1. The van der Waals surface area contributed by atoms with Gasteiger partial charge in [-0.2, -0.15) is 0 Å². The van der Waals surface area contributed by atoms with Gasteiger partial charge < -0.3 is 16.2 Å². The second-order valence-electron chi connectivity index (χ2n) is 4.29. The van der Waals surface area contributed by atoms with E-state index >= 15 is 0 Å². The van der Waals surface area contributed by atoms with Gasteiger partial charge in [-0.05, 0) is 32.0 Å². The molecule has 5 nitrogen and oxygen atoms in total. The van der Waals surface area contributed by atoms with E-state index in [1.807, 2.05) is 19.2 Å². The van der Waals surface area contributed by atoms with Gasteiger partial charge in [-0.15, -0.1) is 11.3 Å². The first-order valence-corrected chi connectivity index (χ1v) is 6.66. The first kappa shape index (κ1) is 13.4. The van der Waals surface area contributed by atoms with E-state index in [0.717, 1.165) is 10.7 Å². The molecule has 0 saturated carbocycles. The van der Waals surface area contributed by atoms with Crippen LogP contribution in [0.4, 0.5) is 5.69 Å². The molecular weight excluding hydrogens is 262 g/mol. The van der Waals surface area contributed by atoms with Crippen molar-refractivity contribution in [3.8, 4) is 5.75 Å². The largest absolute Gasteiger partial charge is 0.508 e. The predicted molar refractivity (Wildman–Crippen MR) is 75.3 cm³/mol. The lowest BCUT2D eigenvalue weighted by Gasteiger charge is -2.12. The van der Waals surface area contributed by atoms with Crippen molar-refractivity contribution in [3.63, 3.8) is 0 Å². The van der Waals surface area contributed by atoms with E-state index in [1.54, 1.807) is 0 Å². The molecule has 0 aliphatic heterocycles. The zero-order chi connectivity index (χ0) is 14.0. The molecule has 1 unspecified atom stereocenters. The third kappa shape index (κ3) is 3.03. The number of nitrogen functional groups attached to an aromatic ring is 1. The maximum Gasteiger partial charge on any atom is 0.254 e. The fraction of sp³-hybridized carbons (Fsp3) is 0.231. The summed E-state index contributed by atoms with van der Waals surface area (Å²) in [7, 11) is 0. The van der Waals surface area contributed by atoms with Gasteiger partial charge in [0.1, 0.15) is 10.8 Å². The Morgan fingerprint density at radius 1 is 1.53 bits per heavy atom. The summed E-state index contributed by atoms with van der Waals surface area (Å²) in [6.07, 6.45) is 0. The van der Waals surface area contributed by atoms with Crippen LogP contribution in [0.25, 0.3) is 0 Å². The van der Waals surface area contributed by atoms with Crippen LogP contribution in [0.1, 0.15) is 34.0 Å². The lowest BCUT2D eigenvalue weighted by molar-refractivity contribution is 0.0940. The number of rotatable bonds is 3. The van der Waals surface area contributed by atoms with Crippen LogP contribution in [0, 0.1) is 6.92 Å². The summed E-state index contributed by atoms with van der Waals surface area (Å²) in [5.41, 5.74) is 7.25. The number of nitrogens with two attached hydrogens (primary N) is 1. The van der Waals surface area contributed by atoms with Crippen molar-refractivity contribution in [2.75, 3.05) is 5.73 Å². The molecule has 0 aliphatic carbocycles. The Hall–Kier alpha value is -2.08. The molecule has 0 bridgehead atoms. The Kier molecular flexibility index (Phi) is 3.71. The Balaban J connectivity index is 2.15. The van der Waals surface area contributed by atoms with Gasteiger partial charge in [-0.1, -0.05) is 0 Å². The molecule has 1 atom stereocenters. The molecule has 4 N–H and O–H groups in total. The first-order valence-electron chi connectivity index (χ1n) is 5.78. The van der Waals surface area contributed by atoms with Gasteiger partial charge in [0.15, 0.2) is 0 Å². The molecule has 0 fully saturated rings. The summed E-state index contributed by atoms with van der Waals surface area (Å²) in [5.74, 6) is -0.314. The summed E-state index contributed by atoms with van der Waals surface area (Å²) in [6.45, 7) is 3.76. The third-order valence-electron chi connectivity index (χ3n) is 2.64. The van der Waals surface area contributed by atoms with E-state index < -0.39 is 0 Å². The highest BCUT2D eigenvalue weighted by Crippen LogP contribution is 2.21. The molecule has 6 heteroatoms.